The molecule has 0 amide bonds. The van der Waals surface area contributed by atoms with E-state index in [-0.39, 0.29) is 5.60 Å². The number of fused-ring (bicyclic) bond motifs is 1. The second-order valence-corrected chi connectivity index (χ2v) is 4.61. The molecule has 3 rings (SSSR count). The Morgan fingerprint density at radius 2 is 1.94 bits per heavy atom. The van der Waals surface area contributed by atoms with Crippen molar-refractivity contribution in [1.82, 2.24) is 5.32 Å². The number of nitrogens with one attached hydrogen (secondary N) is 1. The van der Waals surface area contributed by atoms with Crippen molar-refractivity contribution in [2.75, 3.05) is 32.9 Å². The van der Waals surface area contributed by atoms with Crippen LogP contribution in [-0.4, -0.2) is 32.9 Å². The molecule has 1 fully saturated rings. The highest BCUT2D eigenvalue weighted by Crippen LogP contribution is 2.36. The molecule has 92 valence electrons. The van der Waals surface area contributed by atoms with Crippen LogP contribution in [0.25, 0.3) is 0 Å². The van der Waals surface area contributed by atoms with Gasteiger partial charge in [-0.25, -0.2) is 0 Å². The monoisotopic (exact) mass is 235 g/mol. The van der Waals surface area contributed by atoms with E-state index in [0.717, 1.165) is 36.8 Å². The number of morpholine rings is 1. The van der Waals surface area contributed by atoms with E-state index >= 15 is 0 Å². The minimum atomic E-state index is -0.270. The molecular weight excluding hydrogens is 218 g/mol. The fourth-order valence-electron chi connectivity index (χ4n) is 2.28. The second kappa shape index (κ2) is 4.20. The lowest BCUT2D eigenvalue weighted by atomic mass is 9.94. The van der Waals surface area contributed by atoms with Gasteiger partial charge in [-0.3, -0.25) is 0 Å². The van der Waals surface area contributed by atoms with Crippen LogP contribution in [0, 0.1) is 0 Å². The van der Waals surface area contributed by atoms with Gasteiger partial charge in [-0.2, -0.15) is 0 Å². The van der Waals surface area contributed by atoms with Gasteiger partial charge < -0.3 is 19.5 Å². The molecule has 1 unspecified atom stereocenters. The van der Waals surface area contributed by atoms with E-state index in [1.165, 1.54) is 0 Å². The molecule has 4 nitrogen and oxygen atoms in total. The first-order valence-corrected chi connectivity index (χ1v) is 6.03. The minimum absolute atomic E-state index is 0.270. The standard InChI is InChI=1S/C13H17NO3/c1-13(9-14-4-5-17-13)10-2-3-11-12(8-10)16-7-6-15-11/h2-3,8,14H,4-7,9H2,1H3. The highest BCUT2D eigenvalue weighted by molar-refractivity contribution is 5.45. The molecule has 2 aliphatic rings. The average molecular weight is 235 g/mol. The van der Waals surface area contributed by atoms with E-state index in [1.54, 1.807) is 0 Å². The summed E-state index contributed by atoms with van der Waals surface area (Å²) in [5.74, 6) is 1.65. The smallest absolute Gasteiger partial charge is 0.161 e. The summed E-state index contributed by atoms with van der Waals surface area (Å²) >= 11 is 0. The van der Waals surface area contributed by atoms with Gasteiger partial charge in [0.1, 0.15) is 18.8 Å². The van der Waals surface area contributed by atoms with Crippen molar-refractivity contribution in [3.63, 3.8) is 0 Å². The van der Waals surface area contributed by atoms with Crippen LogP contribution in [0.2, 0.25) is 0 Å². The largest absolute Gasteiger partial charge is 0.486 e. The molecule has 1 saturated heterocycles. The highest BCUT2D eigenvalue weighted by Gasteiger charge is 2.31. The molecule has 2 aliphatic heterocycles. The van der Waals surface area contributed by atoms with Crippen molar-refractivity contribution in [3.8, 4) is 11.5 Å². The summed E-state index contributed by atoms with van der Waals surface area (Å²) in [4.78, 5) is 0. The van der Waals surface area contributed by atoms with Gasteiger partial charge in [0.05, 0.1) is 6.61 Å². The molecule has 0 aromatic heterocycles. The normalized spacial score (nSPS) is 27.8. The topological polar surface area (TPSA) is 39.7 Å². The van der Waals surface area contributed by atoms with Gasteiger partial charge in [-0.05, 0) is 24.6 Å². The Labute approximate surface area is 101 Å². The first kappa shape index (κ1) is 10.9. The van der Waals surface area contributed by atoms with E-state index in [1.807, 2.05) is 12.1 Å². The van der Waals surface area contributed by atoms with Gasteiger partial charge in [0.2, 0.25) is 0 Å². The molecule has 4 heteroatoms. The van der Waals surface area contributed by atoms with Crippen molar-refractivity contribution in [1.29, 1.82) is 0 Å². The molecule has 0 radical (unpaired) electrons. The Balaban J connectivity index is 1.92. The summed E-state index contributed by atoms with van der Waals surface area (Å²) in [6.07, 6.45) is 0. The Hall–Kier alpha value is -1.26. The van der Waals surface area contributed by atoms with Gasteiger partial charge in [0.15, 0.2) is 11.5 Å². The molecule has 0 aliphatic carbocycles. The second-order valence-electron chi connectivity index (χ2n) is 4.61. The Morgan fingerprint density at radius 1 is 1.12 bits per heavy atom. The lowest BCUT2D eigenvalue weighted by Gasteiger charge is -2.35. The maximum atomic E-state index is 5.88. The molecule has 1 aromatic carbocycles. The predicted molar refractivity (Wildman–Crippen MR) is 63.6 cm³/mol. The van der Waals surface area contributed by atoms with Crippen LogP contribution in [0.4, 0.5) is 0 Å². The Kier molecular flexibility index (Phi) is 2.68. The third kappa shape index (κ3) is 1.98. The van der Waals surface area contributed by atoms with Crippen LogP contribution in [0.3, 0.4) is 0 Å². The lowest BCUT2D eigenvalue weighted by Crippen LogP contribution is -2.45. The number of hydrogen-bond acceptors (Lipinski definition) is 4. The van der Waals surface area contributed by atoms with E-state index in [4.69, 9.17) is 14.2 Å². The zero-order valence-corrected chi connectivity index (χ0v) is 9.99. The van der Waals surface area contributed by atoms with E-state index in [0.29, 0.717) is 13.2 Å². The van der Waals surface area contributed by atoms with Gasteiger partial charge in [-0.1, -0.05) is 6.07 Å². The summed E-state index contributed by atoms with van der Waals surface area (Å²) in [5.41, 5.74) is 0.864. The molecule has 2 heterocycles. The van der Waals surface area contributed by atoms with Crippen molar-refractivity contribution in [2.24, 2.45) is 0 Å². The molecule has 1 N–H and O–H groups in total. The SMILES string of the molecule is CC1(c2ccc3c(c2)OCCO3)CNCCO1. The van der Waals surface area contributed by atoms with Crippen LogP contribution < -0.4 is 14.8 Å². The number of benzene rings is 1. The average Bonchev–Trinajstić information content (AvgIpc) is 2.39. The third-order valence-corrected chi connectivity index (χ3v) is 3.31. The molecule has 0 bridgehead atoms. The minimum Gasteiger partial charge on any atom is -0.486 e. The highest BCUT2D eigenvalue weighted by atomic mass is 16.6. The summed E-state index contributed by atoms with van der Waals surface area (Å²) in [5, 5.41) is 3.36. The predicted octanol–water partition coefficient (Wildman–Crippen LogP) is 1.29. The third-order valence-electron chi connectivity index (χ3n) is 3.31. The van der Waals surface area contributed by atoms with Crippen molar-refractivity contribution >= 4 is 0 Å². The summed E-state index contributed by atoms with van der Waals surface area (Å²) in [7, 11) is 0. The van der Waals surface area contributed by atoms with E-state index in [9.17, 15) is 0 Å². The number of rotatable bonds is 1. The van der Waals surface area contributed by atoms with Crippen LogP contribution >= 0.6 is 0 Å². The summed E-state index contributed by atoms with van der Waals surface area (Å²) < 4.78 is 17.0. The maximum Gasteiger partial charge on any atom is 0.161 e. The molecular formula is C13H17NO3. The first-order valence-electron chi connectivity index (χ1n) is 6.03. The van der Waals surface area contributed by atoms with Gasteiger partial charge in [0, 0.05) is 13.1 Å². The van der Waals surface area contributed by atoms with Gasteiger partial charge in [0.25, 0.3) is 0 Å². The van der Waals surface area contributed by atoms with E-state index in [2.05, 4.69) is 18.3 Å². The molecule has 17 heavy (non-hydrogen) atoms. The van der Waals surface area contributed by atoms with Crippen LogP contribution in [0.1, 0.15) is 12.5 Å². The quantitative estimate of drug-likeness (QED) is 0.796. The zero-order valence-electron chi connectivity index (χ0n) is 9.99. The van der Waals surface area contributed by atoms with Gasteiger partial charge >= 0.3 is 0 Å². The lowest BCUT2D eigenvalue weighted by molar-refractivity contribution is -0.0574. The van der Waals surface area contributed by atoms with Crippen LogP contribution in [0.5, 0.6) is 11.5 Å². The summed E-state index contributed by atoms with van der Waals surface area (Å²) in [6, 6.07) is 6.05. The Morgan fingerprint density at radius 3 is 2.71 bits per heavy atom. The molecule has 1 atom stereocenters. The molecule has 1 aromatic rings. The van der Waals surface area contributed by atoms with Gasteiger partial charge in [-0.15, -0.1) is 0 Å². The number of hydrogen-bond donors (Lipinski definition) is 1. The zero-order chi connectivity index (χ0) is 11.7. The van der Waals surface area contributed by atoms with Crippen molar-refractivity contribution in [2.45, 2.75) is 12.5 Å². The van der Waals surface area contributed by atoms with Crippen LogP contribution in [-0.2, 0) is 10.3 Å². The Bertz CT molecular complexity index is 413. The van der Waals surface area contributed by atoms with E-state index < -0.39 is 0 Å². The van der Waals surface area contributed by atoms with Crippen LogP contribution in [0.15, 0.2) is 18.2 Å². The summed E-state index contributed by atoms with van der Waals surface area (Å²) in [6.45, 7) is 5.83. The maximum absolute atomic E-state index is 5.88. The number of ether oxygens (including phenoxy) is 3. The van der Waals surface area contributed by atoms with Crippen molar-refractivity contribution < 1.29 is 14.2 Å². The fraction of sp³-hybridized carbons (Fsp3) is 0.538. The van der Waals surface area contributed by atoms with Crippen molar-refractivity contribution in [3.05, 3.63) is 23.8 Å². The molecule has 0 saturated carbocycles. The fourth-order valence-corrected chi connectivity index (χ4v) is 2.28. The molecule has 0 spiro atoms. The first-order chi connectivity index (χ1) is 8.28.